The van der Waals surface area contributed by atoms with E-state index in [0.29, 0.717) is 10.2 Å². The molecular weight excluding hydrogens is 585 g/mol. The molecule has 0 saturated heterocycles. The first-order valence-electron chi connectivity index (χ1n) is 9.57. The normalized spacial score (nSPS) is 9.91. The van der Waals surface area contributed by atoms with E-state index in [1.165, 1.54) is 24.0 Å². The van der Waals surface area contributed by atoms with E-state index in [2.05, 4.69) is 35.9 Å². The first-order valence-corrected chi connectivity index (χ1v) is 11.9. The van der Waals surface area contributed by atoms with Gasteiger partial charge in [-0.15, -0.1) is 0 Å². The second kappa shape index (κ2) is 13.9. The van der Waals surface area contributed by atoms with Crippen molar-refractivity contribution in [3.8, 4) is 11.3 Å². The summed E-state index contributed by atoms with van der Waals surface area (Å²) < 4.78 is 0.931. The molecule has 4 aromatic heterocycles. The Balaban J connectivity index is 0.000000190. The summed E-state index contributed by atoms with van der Waals surface area (Å²) in [5.74, 6) is 0. The van der Waals surface area contributed by atoms with E-state index in [4.69, 9.17) is 56.5 Å². The van der Waals surface area contributed by atoms with Crippen molar-refractivity contribution in [1.82, 2.24) is 19.9 Å². The molecule has 0 aliphatic rings. The van der Waals surface area contributed by atoms with Crippen LogP contribution in [0.25, 0.3) is 11.3 Å². The summed E-state index contributed by atoms with van der Waals surface area (Å²) in [5, 5.41) is 18.8. The Bertz CT molecular complexity index is 1230. The van der Waals surface area contributed by atoms with Crippen LogP contribution >= 0.6 is 62.3 Å². The quantitative estimate of drug-likeness (QED) is 0.217. The Hall–Kier alpha value is -1.78. The van der Waals surface area contributed by atoms with Crippen LogP contribution in [-0.4, -0.2) is 37.1 Å². The summed E-state index contributed by atoms with van der Waals surface area (Å²) in [7, 11) is -1.61. The van der Waals surface area contributed by atoms with E-state index in [-0.39, 0.29) is 15.6 Å². The molecule has 0 unspecified atom stereocenters. The van der Waals surface area contributed by atoms with Crippen molar-refractivity contribution >= 4 is 74.9 Å². The maximum atomic E-state index is 8.71. The van der Waals surface area contributed by atoms with Gasteiger partial charge in [0.2, 0.25) is 0 Å². The molecule has 0 fully saturated rings. The summed E-state index contributed by atoms with van der Waals surface area (Å²) in [6, 6.07) is 10.8. The van der Waals surface area contributed by atoms with Gasteiger partial charge in [-0.3, -0.25) is 4.98 Å². The molecule has 12 heteroatoms. The molecule has 6 nitrogen and oxygen atoms in total. The molecule has 0 aliphatic heterocycles. The first-order chi connectivity index (χ1) is 16.1. The third-order valence-corrected chi connectivity index (χ3v) is 6.02. The largest absolute Gasteiger partial charge is 0.490 e. The first kappa shape index (κ1) is 28.5. The highest BCUT2D eigenvalue weighted by Crippen LogP contribution is 2.29. The fraction of sp³-hybridized carbons (Fsp3) is 0.0909. The number of aryl methyl sites for hydroxylation is 2. The standard InChI is InChI=1S/C11H8Cl2N2.C6H6BrN.C5H4BCl2NO2/c1-7-3-2-4-14-11(7)8-5-10(13)15-6-9(8)12;1-5-3-2-4-8-6(5)7;7-4-2-9-5(8)1-3(4)6(10)11/h2-6H,1H3;2-4H,1H3;1-2,10-11H. The molecule has 0 radical (unpaired) electrons. The minimum absolute atomic E-state index is 0.159. The van der Waals surface area contributed by atoms with E-state index in [9.17, 15) is 0 Å². The van der Waals surface area contributed by atoms with E-state index in [1.807, 2.05) is 38.1 Å². The molecule has 4 rings (SSSR count). The lowest BCUT2D eigenvalue weighted by molar-refractivity contribution is 0.426. The van der Waals surface area contributed by atoms with Crippen molar-refractivity contribution in [3.63, 3.8) is 0 Å². The van der Waals surface area contributed by atoms with Gasteiger partial charge >= 0.3 is 7.12 Å². The van der Waals surface area contributed by atoms with Crippen LogP contribution in [-0.2, 0) is 0 Å². The van der Waals surface area contributed by atoms with Crippen LogP contribution in [0.5, 0.6) is 0 Å². The van der Waals surface area contributed by atoms with Crippen molar-refractivity contribution in [2.75, 3.05) is 0 Å². The van der Waals surface area contributed by atoms with Crippen LogP contribution in [0.1, 0.15) is 11.1 Å². The van der Waals surface area contributed by atoms with Gasteiger partial charge in [0.15, 0.2) is 0 Å². The van der Waals surface area contributed by atoms with Crippen molar-refractivity contribution in [2.45, 2.75) is 13.8 Å². The Kier molecular flexibility index (Phi) is 11.7. The molecule has 0 bridgehead atoms. The van der Waals surface area contributed by atoms with Gasteiger partial charge in [-0.05, 0) is 65.2 Å². The van der Waals surface area contributed by atoms with Crippen molar-refractivity contribution in [2.24, 2.45) is 0 Å². The molecule has 4 aromatic rings. The SMILES string of the molecule is Cc1cccnc1-c1cc(Cl)ncc1Cl.Cc1cccnc1Br.OB(O)c1cc(Cl)ncc1Cl. The van der Waals surface area contributed by atoms with Crippen molar-refractivity contribution < 1.29 is 10.0 Å². The number of halogens is 5. The lowest BCUT2D eigenvalue weighted by Crippen LogP contribution is -2.30. The van der Waals surface area contributed by atoms with Crippen LogP contribution in [0.2, 0.25) is 20.4 Å². The lowest BCUT2D eigenvalue weighted by atomic mass is 9.81. The van der Waals surface area contributed by atoms with E-state index in [1.54, 1.807) is 18.5 Å². The van der Waals surface area contributed by atoms with Gasteiger partial charge in [-0.25, -0.2) is 15.0 Å². The van der Waals surface area contributed by atoms with Gasteiger partial charge in [-0.1, -0.05) is 58.5 Å². The van der Waals surface area contributed by atoms with E-state index in [0.717, 1.165) is 21.4 Å². The molecule has 0 saturated carbocycles. The number of pyridine rings is 4. The maximum absolute atomic E-state index is 8.71. The number of aromatic nitrogens is 4. The van der Waals surface area contributed by atoms with Crippen molar-refractivity contribution in [1.29, 1.82) is 0 Å². The second-order valence-electron chi connectivity index (χ2n) is 6.67. The predicted octanol–water partition coefficient (Wildman–Crippen LogP) is 5.98. The van der Waals surface area contributed by atoms with Gasteiger partial charge < -0.3 is 10.0 Å². The van der Waals surface area contributed by atoms with Crippen LogP contribution in [0.4, 0.5) is 0 Å². The molecule has 4 heterocycles. The number of rotatable bonds is 2. The highest BCUT2D eigenvalue weighted by Gasteiger charge is 2.15. The third-order valence-electron chi connectivity index (χ3n) is 4.16. The zero-order chi connectivity index (χ0) is 25.3. The fourth-order valence-electron chi connectivity index (χ4n) is 2.45. The van der Waals surface area contributed by atoms with Crippen LogP contribution < -0.4 is 5.46 Å². The highest BCUT2D eigenvalue weighted by atomic mass is 79.9. The van der Waals surface area contributed by atoms with Crippen LogP contribution in [0.15, 0.2) is 65.8 Å². The topological polar surface area (TPSA) is 92.0 Å². The zero-order valence-electron chi connectivity index (χ0n) is 17.9. The van der Waals surface area contributed by atoms with Gasteiger partial charge in [0.05, 0.1) is 15.7 Å². The molecule has 0 aliphatic carbocycles. The minimum Gasteiger partial charge on any atom is -0.423 e. The minimum atomic E-state index is -1.61. The molecule has 176 valence electrons. The third kappa shape index (κ3) is 8.78. The second-order valence-corrected chi connectivity index (χ2v) is 9.01. The molecule has 0 amide bonds. The molecule has 34 heavy (non-hydrogen) atoms. The molecule has 2 N–H and O–H groups in total. The average molecular weight is 603 g/mol. The molecule has 0 spiro atoms. The van der Waals surface area contributed by atoms with Crippen molar-refractivity contribution in [3.05, 3.63) is 97.3 Å². The summed E-state index contributed by atoms with van der Waals surface area (Å²) in [6.07, 6.45) is 6.29. The monoisotopic (exact) mass is 600 g/mol. The summed E-state index contributed by atoms with van der Waals surface area (Å²) in [6.45, 7) is 3.99. The smallest absolute Gasteiger partial charge is 0.423 e. The van der Waals surface area contributed by atoms with Gasteiger partial charge in [0.1, 0.15) is 14.9 Å². The predicted molar refractivity (Wildman–Crippen MR) is 143 cm³/mol. The Morgan fingerprint density at radius 3 is 1.82 bits per heavy atom. The van der Waals surface area contributed by atoms with Gasteiger partial charge in [0, 0.05) is 35.8 Å². The number of nitrogens with zero attached hydrogens (tertiary/aromatic N) is 4. The lowest BCUT2D eigenvalue weighted by Gasteiger charge is -2.06. The average Bonchev–Trinajstić information content (AvgIpc) is 2.80. The van der Waals surface area contributed by atoms with Gasteiger partial charge in [0.25, 0.3) is 0 Å². The van der Waals surface area contributed by atoms with E-state index >= 15 is 0 Å². The highest BCUT2D eigenvalue weighted by molar-refractivity contribution is 9.10. The van der Waals surface area contributed by atoms with E-state index < -0.39 is 7.12 Å². The zero-order valence-corrected chi connectivity index (χ0v) is 22.5. The summed E-state index contributed by atoms with van der Waals surface area (Å²) >= 11 is 26.2. The maximum Gasteiger partial charge on any atom is 0.490 e. The van der Waals surface area contributed by atoms with Gasteiger partial charge in [-0.2, -0.15) is 0 Å². The van der Waals surface area contributed by atoms with Crippen LogP contribution in [0, 0.1) is 13.8 Å². The Morgan fingerprint density at radius 1 is 0.765 bits per heavy atom. The molecular formula is C22H18BBrCl4N4O2. The van der Waals surface area contributed by atoms with Crippen LogP contribution in [0.3, 0.4) is 0 Å². The number of hydrogen-bond acceptors (Lipinski definition) is 6. The Morgan fingerprint density at radius 2 is 1.32 bits per heavy atom. The molecule has 0 aromatic carbocycles. The summed E-state index contributed by atoms with van der Waals surface area (Å²) in [4.78, 5) is 15.8. The molecule has 0 atom stereocenters. The Labute approximate surface area is 226 Å². The number of hydrogen-bond donors (Lipinski definition) is 2. The fourth-order valence-corrected chi connectivity index (χ4v) is 3.42. The summed E-state index contributed by atoms with van der Waals surface area (Å²) in [5.41, 5.74) is 4.04.